The number of fused-ring (bicyclic) bond motifs is 1. The van der Waals surface area contributed by atoms with E-state index in [2.05, 4.69) is 4.74 Å². The third kappa shape index (κ3) is 2.88. The fraction of sp³-hybridized carbons (Fsp3) is 0.400. The van der Waals surface area contributed by atoms with Crippen molar-refractivity contribution in [2.75, 3.05) is 14.2 Å². The standard InChI is InChI=1S/C15H15F3O4/c1-4-8-5-9-6-10(14(19)21-3)13(15(16,17)18)22-12(9)7-11(8)20-2/h5-7,13H,4H2,1-3H3. The number of halogens is 3. The predicted octanol–water partition coefficient (Wildman–Crippen LogP) is 3.14. The second-order valence-electron chi connectivity index (χ2n) is 4.69. The summed E-state index contributed by atoms with van der Waals surface area (Å²) in [4.78, 5) is 11.6. The van der Waals surface area contributed by atoms with Crippen molar-refractivity contribution in [3.63, 3.8) is 0 Å². The summed E-state index contributed by atoms with van der Waals surface area (Å²) in [5.74, 6) is -0.608. The second-order valence-corrected chi connectivity index (χ2v) is 4.69. The summed E-state index contributed by atoms with van der Waals surface area (Å²) in [6.07, 6.45) is -5.30. The molecule has 0 amide bonds. The summed E-state index contributed by atoms with van der Waals surface area (Å²) in [5.41, 5.74) is 0.615. The van der Waals surface area contributed by atoms with Crippen LogP contribution < -0.4 is 9.47 Å². The molecule has 0 fully saturated rings. The molecular weight excluding hydrogens is 301 g/mol. The summed E-state index contributed by atoms with van der Waals surface area (Å²) in [6, 6.07) is 3.04. The molecule has 1 aromatic rings. The first-order valence-corrected chi connectivity index (χ1v) is 6.56. The van der Waals surface area contributed by atoms with Crippen LogP contribution in [-0.4, -0.2) is 32.5 Å². The average Bonchev–Trinajstić information content (AvgIpc) is 2.50. The van der Waals surface area contributed by atoms with Gasteiger partial charge in [0.2, 0.25) is 6.10 Å². The summed E-state index contributed by atoms with van der Waals surface area (Å²) in [5, 5.41) is 0. The smallest absolute Gasteiger partial charge is 0.430 e. The van der Waals surface area contributed by atoms with Crippen LogP contribution in [0.4, 0.5) is 13.2 Å². The lowest BCUT2D eigenvalue weighted by atomic mass is 9.98. The minimum atomic E-state index is -4.73. The fourth-order valence-corrected chi connectivity index (χ4v) is 2.27. The molecule has 1 aliphatic heterocycles. The Morgan fingerprint density at radius 2 is 2.00 bits per heavy atom. The SMILES string of the molecule is CCc1cc2c(cc1OC)OC(C(F)(F)F)C(C(=O)OC)=C2. The van der Waals surface area contributed by atoms with Gasteiger partial charge in [-0.2, -0.15) is 13.2 Å². The first kappa shape index (κ1) is 16.2. The quantitative estimate of drug-likeness (QED) is 0.804. The second kappa shape index (κ2) is 5.90. The predicted molar refractivity (Wildman–Crippen MR) is 72.8 cm³/mol. The van der Waals surface area contributed by atoms with E-state index in [1.54, 1.807) is 6.07 Å². The molecular formula is C15H15F3O4. The zero-order valence-electron chi connectivity index (χ0n) is 12.3. The molecule has 0 spiro atoms. The summed E-state index contributed by atoms with van der Waals surface area (Å²) < 4.78 is 53.9. The zero-order chi connectivity index (χ0) is 16.5. The van der Waals surface area contributed by atoms with Gasteiger partial charge in [-0.15, -0.1) is 0 Å². The number of aryl methyl sites for hydroxylation is 1. The maximum Gasteiger partial charge on any atom is 0.430 e. The molecule has 1 heterocycles. The van der Waals surface area contributed by atoms with E-state index in [0.717, 1.165) is 18.7 Å². The number of rotatable bonds is 3. The number of hydrogen-bond donors (Lipinski definition) is 0. The Balaban J connectivity index is 2.58. The van der Waals surface area contributed by atoms with Gasteiger partial charge in [0.25, 0.3) is 0 Å². The van der Waals surface area contributed by atoms with Gasteiger partial charge in [0.15, 0.2) is 0 Å². The van der Waals surface area contributed by atoms with Crippen LogP contribution in [0.5, 0.6) is 11.5 Å². The molecule has 22 heavy (non-hydrogen) atoms. The molecule has 0 aliphatic carbocycles. The lowest BCUT2D eigenvalue weighted by Gasteiger charge is -2.28. The minimum absolute atomic E-state index is 0.0176. The molecule has 7 heteroatoms. The number of carbonyl (C=O) groups excluding carboxylic acids is 1. The van der Waals surface area contributed by atoms with E-state index < -0.39 is 23.8 Å². The molecule has 1 aliphatic rings. The Kier molecular flexibility index (Phi) is 4.35. The third-order valence-electron chi connectivity index (χ3n) is 3.35. The molecule has 0 aromatic heterocycles. The van der Waals surface area contributed by atoms with Gasteiger partial charge in [0.05, 0.1) is 19.8 Å². The normalized spacial score (nSPS) is 17.2. The van der Waals surface area contributed by atoms with Crippen LogP contribution in [0.3, 0.4) is 0 Å². The van der Waals surface area contributed by atoms with Gasteiger partial charge in [0, 0.05) is 11.6 Å². The molecule has 1 atom stereocenters. The van der Waals surface area contributed by atoms with E-state index in [9.17, 15) is 18.0 Å². The van der Waals surface area contributed by atoms with Gasteiger partial charge < -0.3 is 14.2 Å². The number of benzene rings is 1. The number of esters is 1. The van der Waals surface area contributed by atoms with E-state index in [1.807, 2.05) is 6.92 Å². The number of alkyl halides is 3. The summed E-state index contributed by atoms with van der Waals surface area (Å²) in [6.45, 7) is 1.89. The molecule has 2 rings (SSSR count). The van der Waals surface area contributed by atoms with E-state index >= 15 is 0 Å². The molecule has 4 nitrogen and oxygen atoms in total. The van der Waals surface area contributed by atoms with Crippen molar-refractivity contribution in [3.05, 3.63) is 28.8 Å². The van der Waals surface area contributed by atoms with Gasteiger partial charge in [0.1, 0.15) is 11.5 Å². The van der Waals surface area contributed by atoms with Crippen molar-refractivity contribution in [1.82, 2.24) is 0 Å². The maximum absolute atomic E-state index is 13.1. The van der Waals surface area contributed by atoms with Gasteiger partial charge in [-0.25, -0.2) is 4.79 Å². The maximum atomic E-state index is 13.1. The van der Waals surface area contributed by atoms with E-state index in [0.29, 0.717) is 17.7 Å². The van der Waals surface area contributed by atoms with Crippen LogP contribution in [0.25, 0.3) is 6.08 Å². The van der Waals surface area contributed by atoms with Crippen molar-refractivity contribution >= 4 is 12.0 Å². The molecule has 0 bridgehead atoms. The molecule has 0 radical (unpaired) electrons. The topological polar surface area (TPSA) is 44.8 Å². The highest BCUT2D eigenvalue weighted by atomic mass is 19.4. The number of carbonyl (C=O) groups is 1. The fourth-order valence-electron chi connectivity index (χ4n) is 2.27. The van der Waals surface area contributed by atoms with Gasteiger partial charge in [-0.1, -0.05) is 6.92 Å². The van der Waals surface area contributed by atoms with Crippen LogP contribution in [0.2, 0.25) is 0 Å². The Bertz CT molecular complexity index is 620. The van der Waals surface area contributed by atoms with E-state index in [-0.39, 0.29) is 5.75 Å². The lowest BCUT2D eigenvalue weighted by molar-refractivity contribution is -0.187. The van der Waals surface area contributed by atoms with E-state index in [4.69, 9.17) is 9.47 Å². The Hall–Kier alpha value is -2.18. The Labute approximate surface area is 125 Å². The minimum Gasteiger partial charge on any atom is -0.496 e. The van der Waals surface area contributed by atoms with Crippen molar-refractivity contribution < 1.29 is 32.2 Å². The van der Waals surface area contributed by atoms with Gasteiger partial charge >= 0.3 is 12.1 Å². The van der Waals surface area contributed by atoms with Gasteiger partial charge in [-0.05, 0) is 24.1 Å². The third-order valence-corrected chi connectivity index (χ3v) is 3.35. The first-order valence-electron chi connectivity index (χ1n) is 6.56. The van der Waals surface area contributed by atoms with Gasteiger partial charge in [-0.3, -0.25) is 0 Å². The van der Waals surface area contributed by atoms with Crippen LogP contribution in [0, 0.1) is 0 Å². The van der Waals surface area contributed by atoms with Crippen LogP contribution in [-0.2, 0) is 16.0 Å². The van der Waals surface area contributed by atoms with Crippen molar-refractivity contribution in [3.8, 4) is 11.5 Å². The Morgan fingerprint density at radius 1 is 1.32 bits per heavy atom. The summed E-state index contributed by atoms with van der Waals surface area (Å²) in [7, 11) is 2.46. The zero-order valence-corrected chi connectivity index (χ0v) is 12.3. The number of methoxy groups -OCH3 is 2. The van der Waals surface area contributed by atoms with Crippen LogP contribution in [0.15, 0.2) is 17.7 Å². The highest BCUT2D eigenvalue weighted by molar-refractivity contribution is 5.96. The lowest BCUT2D eigenvalue weighted by Crippen LogP contribution is -2.40. The first-order chi connectivity index (χ1) is 10.3. The number of hydrogen-bond acceptors (Lipinski definition) is 4. The van der Waals surface area contributed by atoms with Crippen LogP contribution >= 0.6 is 0 Å². The monoisotopic (exact) mass is 316 g/mol. The molecule has 0 saturated heterocycles. The molecule has 1 unspecified atom stereocenters. The summed E-state index contributed by atoms with van der Waals surface area (Å²) >= 11 is 0. The van der Waals surface area contributed by atoms with Crippen molar-refractivity contribution in [2.24, 2.45) is 0 Å². The van der Waals surface area contributed by atoms with Crippen molar-refractivity contribution in [2.45, 2.75) is 25.6 Å². The van der Waals surface area contributed by atoms with Crippen molar-refractivity contribution in [1.29, 1.82) is 0 Å². The molecule has 120 valence electrons. The van der Waals surface area contributed by atoms with E-state index in [1.165, 1.54) is 13.2 Å². The van der Waals surface area contributed by atoms with Crippen LogP contribution in [0.1, 0.15) is 18.1 Å². The Morgan fingerprint density at radius 3 is 2.50 bits per heavy atom. The molecule has 0 saturated carbocycles. The molecule has 0 N–H and O–H groups in total. The molecule has 1 aromatic carbocycles. The highest BCUT2D eigenvalue weighted by Gasteiger charge is 2.48. The average molecular weight is 316 g/mol. The number of ether oxygens (including phenoxy) is 3. The highest BCUT2D eigenvalue weighted by Crippen LogP contribution is 2.40. The largest absolute Gasteiger partial charge is 0.496 e.